The van der Waals surface area contributed by atoms with Crippen molar-refractivity contribution in [1.82, 2.24) is 5.32 Å². The molecular formula is C18H21NO3. The van der Waals surface area contributed by atoms with Crippen LogP contribution in [0.4, 0.5) is 0 Å². The number of methoxy groups -OCH3 is 1. The summed E-state index contributed by atoms with van der Waals surface area (Å²) in [7, 11) is 1.61. The Balaban J connectivity index is 1.90. The van der Waals surface area contributed by atoms with E-state index in [1.165, 1.54) is 0 Å². The second kappa shape index (κ2) is 8.08. The highest BCUT2D eigenvalue weighted by Crippen LogP contribution is 2.19. The van der Waals surface area contributed by atoms with Crippen molar-refractivity contribution in [3.63, 3.8) is 0 Å². The highest BCUT2D eigenvalue weighted by Gasteiger charge is 2.17. The van der Waals surface area contributed by atoms with Crippen molar-refractivity contribution in [1.29, 1.82) is 0 Å². The van der Waals surface area contributed by atoms with Crippen molar-refractivity contribution in [2.75, 3.05) is 7.11 Å². The molecule has 0 aliphatic carbocycles. The summed E-state index contributed by atoms with van der Waals surface area (Å²) in [6.07, 6.45) is 0.101. The maximum atomic E-state index is 12.2. The van der Waals surface area contributed by atoms with Gasteiger partial charge in [0.1, 0.15) is 11.5 Å². The Morgan fingerprint density at radius 3 is 2.27 bits per heavy atom. The van der Waals surface area contributed by atoms with Crippen molar-refractivity contribution in [3.8, 4) is 11.5 Å². The summed E-state index contributed by atoms with van der Waals surface area (Å²) in [6, 6.07) is 17.0. The lowest BCUT2D eigenvalue weighted by molar-refractivity contribution is -0.128. The summed E-state index contributed by atoms with van der Waals surface area (Å²) in [5, 5.41) is 2.90. The number of benzene rings is 2. The van der Waals surface area contributed by atoms with Crippen molar-refractivity contribution in [3.05, 3.63) is 60.2 Å². The Hall–Kier alpha value is -2.49. The summed E-state index contributed by atoms with van der Waals surface area (Å²) in [6.45, 7) is 2.43. The maximum Gasteiger partial charge on any atom is 0.261 e. The van der Waals surface area contributed by atoms with E-state index in [1.54, 1.807) is 19.2 Å². The van der Waals surface area contributed by atoms with Crippen LogP contribution < -0.4 is 14.8 Å². The highest BCUT2D eigenvalue weighted by molar-refractivity contribution is 5.81. The average Bonchev–Trinajstić information content (AvgIpc) is 2.59. The fourth-order valence-electron chi connectivity index (χ4n) is 2.04. The van der Waals surface area contributed by atoms with Crippen LogP contribution in [-0.4, -0.2) is 19.1 Å². The second-order valence-electron chi connectivity index (χ2n) is 4.89. The predicted molar refractivity (Wildman–Crippen MR) is 86.0 cm³/mol. The smallest absolute Gasteiger partial charge is 0.261 e. The molecule has 4 nitrogen and oxygen atoms in total. The number of hydrogen-bond donors (Lipinski definition) is 1. The van der Waals surface area contributed by atoms with Crippen LogP contribution in [0.15, 0.2) is 54.6 Å². The lowest BCUT2D eigenvalue weighted by atomic mass is 10.2. The first-order valence-electron chi connectivity index (χ1n) is 7.35. The molecule has 0 saturated heterocycles. The van der Waals surface area contributed by atoms with Gasteiger partial charge in [-0.25, -0.2) is 0 Å². The minimum Gasteiger partial charge on any atom is -0.497 e. The molecule has 0 aromatic heterocycles. The molecule has 1 amide bonds. The van der Waals surface area contributed by atoms with Gasteiger partial charge in [0.05, 0.1) is 7.11 Å². The van der Waals surface area contributed by atoms with Gasteiger partial charge >= 0.3 is 0 Å². The minimum absolute atomic E-state index is 0.109. The first-order chi connectivity index (χ1) is 10.7. The molecule has 1 atom stereocenters. The zero-order valence-electron chi connectivity index (χ0n) is 12.9. The fourth-order valence-corrected chi connectivity index (χ4v) is 2.04. The van der Waals surface area contributed by atoms with E-state index in [1.807, 2.05) is 49.4 Å². The van der Waals surface area contributed by atoms with Gasteiger partial charge in [0.2, 0.25) is 0 Å². The van der Waals surface area contributed by atoms with Gasteiger partial charge in [-0.15, -0.1) is 0 Å². The SMILES string of the molecule is CCC(Oc1ccc(OC)cc1)C(=O)NCc1ccccc1. The molecule has 1 N–H and O–H groups in total. The first kappa shape index (κ1) is 15.9. The molecule has 2 rings (SSSR count). The summed E-state index contributed by atoms with van der Waals surface area (Å²) in [5.74, 6) is 1.30. The molecule has 0 bridgehead atoms. The maximum absolute atomic E-state index is 12.2. The molecule has 0 spiro atoms. The van der Waals surface area contributed by atoms with Gasteiger partial charge in [-0.3, -0.25) is 4.79 Å². The van der Waals surface area contributed by atoms with E-state index in [0.29, 0.717) is 18.7 Å². The topological polar surface area (TPSA) is 47.6 Å². The number of rotatable bonds is 7. The van der Waals surface area contributed by atoms with Crippen molar-refractivity contribution >= 4 is 5.91 Å². The fraction of sp³-hybridized carbons (Fsp3) is 0.278. The van der Waals surface area contributed by atoms with Crippen LogP contribution in [0.2, 0.25) is 0 Å². The number of hydrogen-bond acceptors (Lipinski definition) is 3. The van der Waals surface area contributed by atoms with Crippen LogP contribution in [-0.2, 0) is 11.3 Å². The summed E-state index contributed by atoms with van der Waals surface area (Å²) >= 11 is 0. The van der Waals surface area contributed by atoms with Gasteiger partial charge in [-0.05, 0) is 36.2 Å². The third-order valence-electron chi connectivity index (χ3n) is 3.31. The first-order valence-corrected chi connectivity index (χ1v) is 7.35. The van der Waals surface area contributed by atoms with E-state index in [-0.39, 0.29) is 5.91 Å². The molecule has 0 radical (unpaired) electrons. The number of ether oxygens (including phenoxy) is 2. The molecule has 0 aliphatic rings. The third-order valence-corrected chi connectivity index (χ3v) is 3.31. The number of nitrogens with one attached hydrogen (secondary N) is 1. The molecule has 0 saturated carbocycles. The van der Waals surface area contributed by atoms with E-state index >= 15 is 0 Å². The van der Waals surface area contributed by atoms with Gasteiger partial charge in [-0.1, -0.05) is 37.3 Å². The number of amides is 1. The van der Waals surface area contributed by atoms with Crippen LogP contribution >= 0.6 is 0 Å². The molecule has 0 fully saturated rings. The van der Waals surface area contributed by atoms with Crippen LogP contribution in [0.3, 0.4) is 0 Å². The monoisotopic (exact) mass is 299 g/mol. The van der Waals surface area contributed by atoms with Gasteiger partial charge in [0.25, 0.3) is 5.91 Å². The molecule has 4 heteroatoms. The van der Waals surface area contributed by atoms with Crippen LogP contribution in [0.25, 0.3) is 0 Å². The van der Waals surface area contributed by atoms with Crippen LogP contribution in [0.5, 0.6) is 11.5 Å². The van der Waals surface area contributed by atoms with Gasteiger partial charge in [0.15, 0.2) is 6.10 Å². The van der Waals surface area contributed by atoms with Gasteiger partial charge in [-0.2, -0.15) is 0 Å². The predicted octanol–water partition coefficient (Wildman–Crippen LogP) is 3.17. The average molecular weight is 299 g/mol. The second-order valence-corrected chi connectivity index (χ2v) is 4.89. The summed E-state index contributed by atoms with van der Waals surface area (Å²) in [4.78, 5) is 12.2. The molecular weight excluding hydrogens is 278 g/mol. The molecule has 22 heavy (non-hydrogen) atoms. The van der Waals surface area contributed by atoms with Gasteiger partial charge in [0, 0.05) is 6.54 Å². The van der Waals surface area contributed by atoms with Crippen molar-refractivity contribution in [2.45, 2.75) is 26.0 Å². The number of carbonyl (C=O) groups excluding carboxylic acids is 1. The lowest BCUT2D eigenvalue weighted by Gasteiger charge is -2.17. The van der Waals surface area contributed by atoms with E-state index in [9.17, 15) is 4.79 Å². The van der Waals surface area contributed by atoms with E-state index in [2.05, 4.69) is 5.32 Å². The highest BCUT2D eigenvalue weighted by atomic mass is 16.5. The lowest BCUT2D eigenvalue weighted by Crippen LogP contribution is -2.37. The Bertz CT molecular complexity index is 581. The Kier molecular flexibility index (Phi) is 5.83. The van der Waals surface area contributed by atoms with E-state index in [0.717, 1.165) is 11.3 Å². The zero-order chi connectivity index (χ0) is 15.8. The minimum atomic E-state index is -0.503. The largest absolute Gasteiger partial charge is 0.497 e. The summed E-state index contributed by atoms with van der Waals surface area (Å²) in [5.41, 5.74) is 1.06. The van der Waals surface area contributed by atoms with E-state index < -0.39 is 6.10 Å². The summed E-state index contributed by atoms with van der Waals surface area (Å²) < 4.78 is 10.8. The van der Waals surface area contributed by atoms with Crippen molar-refractivity contribution < 1.29 is 14.3 Å². The van der Waals surface area contributed by atoms with Crippen molar-refractivity contribution in [2.24, 2.45) is 0 Å². The zero-order valence-corrected chi connectivity index (χ0v) is 12.9. The third kappa shape index (κ3) is 4.52. The molecule has 0 heterocycles. The van der Waals surface area contributed by atoms with Crippen LogP contribution in [0.1, 0.15) is 18.9 Å². The quantitative estimate of drug-likeness (QED) is 0.854. The number of carbonyl (C=O) groups is 1. The standard InChI is InChI=1S/C18H21NO3/c1-3-17(22-16-11-9-15(21-2)10-12-16)18(20)19-13-14-7-5-4-6-8-14/h4-12,17H,3,13H2,1-2H3,(H,19,20). The normalized spacial score (nSPS) is 11.5. The molecule has 0 aliphatic heterocycles. The van der Waals surface area contributed by atoms with Crippen LogP contribution in [0, 0.1) is 0 Å². The Morgan fingerprint density at radius 1 is 1.05 bits per heavy atom. The molecule has 2 aromatic carbocycles. The molecule has 116 valence electrons. The van der Waals surface area contributed by atoms with Gasteiger partial charge < -0.3 is 14.8 Å². The Labute approximate surface area is 131 Å². The molecule has 1 unspecified atom stereocenters. The van der Waals surface area contributed by atoms with E-state index in [4.69, 9.17) is 9.47 Å². The Morgan fingerprint density at radius 2 is 1.68 bits per heavy atom. The molecule has 2 aromatic rings.